The van der Waals surface area contributed by atoms with Crippen LogP contribution < -0.4 is 19.4 Å². The fourth-order valence-electron chi connectivity index (χ4n) is 6.69. The molecule has 6 rings (SSSR count). The minimum atomic E-state index is -0.248. The molecule has 4 aliphatic heterocycles. The molecule has 1 aromatic carbocycles. The third-order valence-electron chi connectivity index (χ3n) is 8.95. The smallest absolute Gasteiger partial charge is 0.319 e. The number of fused-ring (bicyclic) bond motifs is 2. The largest absolute Gasteiger partial charge is 0.462 e. The molecule has 2 atom stereocenters. The molecule has 1 aromatic heterocycles. The molecule has 0 saturated carbocycles. The number of benzene rings is 1. The van der Waals surface area contributed by atoms with Crippen molar-refractivity contribution in [2.45, 2.75) is 44.7 Å². The molecule has 10 heteroatoms. The molecule has 1 unspecified atom stereocenters. The van der Waals surface area contributed by atoms with Gasteiger partial charge >= 0.3 is 6.01 Å². The Hall–Kier alpha value is -3.66. The van der Waals surface area contributed by atoms with E-state index in [9.17, 15) is 9.59 Å². The predicted molar refractivity (Wildman–Crippen MR) is 155 cm³/mol. The second-order valence-corrected chi connectivity index (χ2v) is 11.4. The lowest BCUT2D eigenvalue weighted by Crippen LogP contribution is -2.49. The number of likely N-dealkylation sites (tertiary alicyclic amines) is 1. The molecular weight excluding hydrogens is 506 g/mol. The van der Waals surface area contributed by atoms with E-state index >= 15 is 0 Å². The zero-order chi connectivity index (χ0) is 28.0. The Labute approximate surface area is 236 Å². The van der Waals surface area contributed by atoms with Gasteiger partial charge in [0, 0.05) is 51.4 Å². The summed E-state index contributed by atoms with van der Waals surface area (Å²) in [6, 6.07) is 6.56. The summed E-state index contributed by atoms with van der Waals surface area (Å²) >= 11 is 0. The Morgan fingerprint density at radius 3 is 2.62 bits per heavy atom. The highest BCUT2D eigenvalue weighted by atomic mass is 16.5. The summed E-state index contributed by atoms with van der Waals surface area (Å²) < 4.78 is 6.18. The number of piperazine rings is 1. The van der Waals surface area contributed by atoms with Crippen molar-refractivity contribution in [1.82, 2.24) is 19.8 Å². The Kier molecular flexibility index (Phi) is 7.12. The number of hydrogen-bond acceptors (Lipinski definition) is 8. The minimum Gasteiger partial charge on any atom is -0.462 e. The summed E-state index contributed by atoms with van der Waals surface area (Å²) in [5.41, 5.74) is 4.54. The highest BCUT2D eigenvalue weighted by molar-refractivity contribution is 6.12. The second kappa shape index (κ2) is 10.7. The van der Waals surface area contributed by atoms with Crippen molar-refractivity contribution in [2.75, 3.05) is 74.7 Å². The highest BCUT2D eigenvalue weighted by Crippen LogP contribution is 2.46. The van der Waals surface area contributed by atoms with Gasteiger partial charge in [0.05, 0.1) is 17.4 Å². The maximum absolute atomic E-state index is 14.2. The second-order valence-electron chi connectivity index (χ2n) is 11.4. The lowest BCUT2D eigenvalue weighted by atomic mass is 10.00. The molecule has 0 N–H and O–H groups in total. The molecule has 0 aliphatic carbocycles. The van der Waals surface area contributed by atoms with Gasteiger partial charge in [-0.05, 0) is 63.9 Å². The number of ether oxygens (including phenoxy) is 1. The first-order valence-electron chi connectivity index (χ1n) is 14.4. The number of nitrogens with zero attached hydrogens (tertiary/aromatic N) is 7. The molecule has 5 heterocycles. The number of aryl methyl sites for hydroxylation is 1. The lowest BCUT2D eigenvalue weighted by Gasteiger charge is -2.36. The number of amides is 2. The van der Waals surface area contributed by atoms with Crippen LogP contribution in [0.25, 0.3) is 0 Å². The molecule has 0 radical (unpaired) electrons. The molecular formula is C30H39N7O3. The summed E-state index contributed by atoms with van der Waals surface area (Å²) in [6.45, 7) is 10.5. The van der Waals surface area contributed by atoms with Crippen LogP contribution >= 0.6 is 0 Å². The fraction of sp³-hybridized carbons (Fsp3) is 0.533. The number of carbonyl (C=O) groups is 2. The van der Waals surface area contributed by atoms with Crippen LogP contribution in [-0.4, -0.2) is 97.6 Å². The zero-order valence-corrected chi connectivity index (χ0v) is 23.8. The van der Waals surface area contributed by atoms with Crippen LogP contribution in [-0.2, 0) is 11.2 Å². The van der Waals surface area contributed by atoms with Crippen molar-refractivity contribution in [3.05, 3.63) is 47.7 Å². The molecule has 2 fully saturated rings. The van der Waals surface area contributed by atoms with Crippen molar-refractivity contribution < 1.29 is 14.3 Å². The van der Waals surface area contributed by atoms with Gasteiger partial charge in [-0.3, -0.25) is 14.5 Å². The third kappa shape index (κ3) is 4.58. The number of carbonyl (C=O) groups excluding carboxylic acids is 2. The van der Waals surface area contributed by atoms with Crippen molar-refractivity contribution in [3.8, 4) is 6.01 Å². The van der Waals surface area contributed by atoms with E-state index in [0.29, 0.717) is 44.5 Å². The summed E-state index contributed by atoms with van der Waals surface area (Å²) in [4.78, 5) is 46.4. The van der Waals surface area contributed by atoms with Crippen LogP contribution in [0.15, 0.2) is 30.9 Å². The summed E-state index contributed by atoms with van der Waals surface area (Å²) in [5.74, 6) is 0.541. The topological polar surface area (TPSA) is 85.3 Å². The van der Waals surface area contributed by atoms with E-state index < -0.39 is 0 Å². The first kappa shape index (κ1) is 26.6. The van der Waals surface area contributed by atoms with Gasteiger partial charge in [-0.25, -0.2) is 0 Å². The van der Waals surface area contributed by atoms with Crippen LogP contribution in [0.3, 0.4) is 0 Å². The molecule has 10 nitrogen and oxygen atoms in total. The maximum Gasteiger partial charge on any atom is 0.319 e. The average Bonchev–Trinajstić information content (AvgIpc) is 3.50. The minimum absolute atomic E-state index is 0.0648. The Bertz CT molecular complexity index is 1320. The predicted octanol–water partition coefficient (Wildman–Crippen LogP) is 2.89. The van der Waals surface area contributed by atoms with Crippen LogP contribution in [0.1, 0.15) is 53.8 Å². The van der Waals surface area contributed by atoms with E-state index in [1.165, 1.54) is 11.6 Å². The van der Waals surface area contributed by atoms with E-state index in [0.717, 1.165) is 61.5 Å². The molecule has 2 saturated heterocycles. The number of rotatable bonds is 6. The van der Waals surface area contributed by atoms with Crippen LogP contribution in [0, 0.1) is 0 Å². The van der Waals surface area contributed by atoms with Crippen molar-refractivity contribution in [3.63, 3.8) is 0 Å². The summed E-state index contributed by atoms with van der Waals surface area (Å²) in [6.07, 6.45) is 5.69. The zero-order valence-electron chi connectivity index (χ0n) is 23.8. The van der Waals surface area contributed by atoms with Crippen LogP contribution in [0.4, 0.5) is 17.2 Å². The first-order chi connectivity index (χ1) is 19.4. The highest BCUT2D eigenvalue weighted by Gasteiger charge is 2.43. The molecule has 2 amide bonds. The van der Waals surface area contributed by atoms with Gasteiger partial charge < -0.3 is 24.3 Å². The molecule has 4 aliphatic rings. The SMILES string of the molecule is C=CC(=O)N1CCN(c2nc(OCC3CCCN3C)nc3c2[C@H](C)N(c2cccc4c2N(C)CCC4)C3=O)CC1. The Morgan fingerprint density at radius 2 is 1.90 bits per heavy atom. The van der Waals surface area contributed by atoms with Crippen LogP contribution in [0.2, 0.25) is 0 Å². The number of para-hydroxylation sites is 1. The van der Waals surface area contributed by atoms with Gasteiger partial charge in [-0.1, -0.05) is 18.7 Å². The monoisotopic (exact) mass is 545 g/mol. The summed E-state index contributed by atoms with van der Waals surface area (Å²) in [7, 11) is 4.21. The third-order valence-corrected chi connectivity index (χ3v) is 8.95. The molecule has 0 bridgehead atoms. The molecule has 2 aromatic rings. The molecule has 40 heavy (non-hydrogen) atoms. The number of aromatic nitrogens is 2. The van der Waals surface area contributed by atoms with Gasteiger partial charge in [0.1, 0.15) is 18.1 Å². The van der Waals surface area contributed by atoms with Gasteiger partial charge in [-0.15, -0.1) is 0 Å². The maximum atomic E-state index is 14.2. The quantitative estimate of drug-likeness (QED) is 0.513. The Balaban J connectivity index is 1.37. The molecule has 0 spiro atoms. The van der Waals surface area contributed by atoms with Gasteiger partial charge in [0.2, 0.25) is 5.91 Å². The fourth-order valence-corrected chi connectivity index (χ4v) is 6.69. The van der Waals surface area contributed by atoms with E-state index in [-0.39, 0.29) is 23.9 Å². The van der Waals surface area contributed by atoms with E-state index in [2.05, 4.69) is 48.4 Å². The lowest BCUT2D eigenvalue weighted by molar-refractivity contribution is -0.126. The number of likely N-dealkylation sites (N-methyl/N-ethyl adjacent to an activating group) is 1. The van der Waals surface area contributed by atoms with Crippen LogP contribution in [0.5, 0.6) is 6.01 Å². The van der Waals surface area contributed by atoms with Gasteiger partial charge in [-0.2, -0.15) is 9.97 Å². The van der Waals surface area contributed by atoms with Crippen molar-refractivity contribution >= 4 is 29.0 Å². The van der Waals surface area contributed by atoms with Crippen molar-refractivity contribution in [2.24, 2.45) is 0 Å². The normalized spacial score (nSPS) is 22.9. The van der Waals surface area contributed by atoms with E-state index in [1.807, 2.05) is 17.0 Å². The van der Waals surface area contributed by atoms with Gasteiger partial charge in [0.25, 0.3) is 5.91 Å². The first-order valence-corrected chi connectivity index (χ1v) is 14.4. The van der Waals surface area contributed by atoms with E-state index in [4.69, 9.17) is 14.7 Å². The molecule has 212 valence electrons. The standard InChI is InChI=1S/C30H39N7O3/c1-5-24(38)35-15-17-36(18-16-35)28-25-20(2)37(23-12-6-9-21-10-7-14-34(4)27(21)23)29(39)26(25)31-30(32-28)40-19-22-11-8-13-33(22)3/h5-6,9,12,20,22H,1,7-8,10-11,13-19H2,2-4H3/t20-,22?/m0/s1. The number of hydrogen-bond donors (Lipinski definition) is 0. The Morgan fingerprint density at radius 1 is 1.10 bits per heavy atom. The number of anilines is 3. The van der Waals surface area contributed by atoms with Crippen molar-refractivity contribution in [1.29, 1.82) is 0 Å². The van der Waals surface area contributed by atoms with Gasteiger partial charge in [0.15, 0.2) is 0 Å². The average molecular weight is 546 g/mol. The summed E-state index contributed by atoms with van der Waals surface area (Å²) in [5, 5.41) is 0. The van der Waals surface area contributed by atoms with E-state index in [1.54, 1.807) is 4.90 Å².